The minimum atomic E-state index is -1.56. The summed E-state index contributed by atoms with van der Waals surface area (Å²) in [4.78, 5) is 13.3. The number of anilines is 1. The zero-order chi connectivity index (χ0) is 17.7. The smallest absolute Gasteiger partial charge is 0.322 e. The number of urea groups is 1. The van der Waals surface area contributed by atoms with Crippen LogP contribution < -0.4 is 10.2 Å². The lowest BCUT2D eigenvalue weighted by molar-refractivity contribution is 0.165. The SMILES string of the molecule is CCN(C(=O)NC[C@H](O)c1c(F)cccc1F)c1ccccc1F. The molecule has 0 aliphatic carbocycles. The molecule has 0 aromatic heterocycles. The molecule has 1 atom stereocenters. The van der Waals surface area contributed by atoms with Crippen LogP contribution in [0.5, 0.6) is 0 Å². The molecule has 0 heterocycles. The Labute approximate surface area is 137 Å². The summed E-state index contributed by atoms with van der Waals surface area (Å²) in [6.45, 7) is 1.41. The van der Waals surface area contributed by atoms with Crippen LogP contribution in [0.4, 0.5) is 23.7 Å². The highest BCUT2D eigenvalue weighted by atomic mass is 19.1. The number of hydrogen-bond donors (Lipinski definition) is 2. The molecule has 0 aliphatic rings. The van der Waals surface area contributed by atoms with Crippen molar-refractivity contribution in [2.24, 2.45) is 0 Å². The van der Waals surface area contributed by atoms with Gasteiger partial charge in [-0.05, 0) is 31.2 Å². The maximum absolute atomic E-state index is 13.8. The maximum Gasteiger partial charge on any atom is 0.322 e. The molecule has 2 rings (SSSR count). The van der Waals surface area contributed by atoms with Crippen molar-refractivity contribution < 1.29 is 23.1 Å². The Kier molecular flexibility index (Phi) is 5.81. The van der Waals surface area contributed by atoms with Gasteiger partial charge in [-0.1, -0.05) is 18.2 Å². The van der Waals surface area contributed by atoms with Crippen molar-refractivity contribution >= 4 is 11.7 Å². The van der Waals surface area contributed by atoms with Crippen LogP contribution in [0.25, 0.3) is 0 Å². The largest absolute Gasteiger partial charge is 0.386 e. The number of hydrogen-bond acceptors (Lipinski definition) is 2. The maximum atomic E-state index is 13.8. The number of nitrogens with zero attached hydrogens (tertiary/aromatic N) is 1. The molecule has 2 aromatic rings. The van der Waals surface area contributed by atoms with Crippen molar-refractivity contribution in [3.8, 4) is 0 Å². The van der Waals surface area contributed by atoms with Crippen molar-refractivity contribution in [1.82, 2.24) is 5.32 Å². The number of aliphatic hydroxyl groups is 1. The second-order valence-corrected chi connectivity index (χ2v) is 5.03. The molecule has 2 N–H and O–H groups in total. The van der Waals surface area contributed by atoms with E-state index in [1.54, 1.807) is 13.0 Å². The Bertz CT molecular complexity index is 704. The Hall–Kier alpha value is -2.54. The fourth-order valence-electron chi connectivity index (χ4n) is 2.30. The molecule has 0 fully saturated rings. The minimum Gasteiger partial charge on any atom is -0.386 e. The molecule has 0 saturated heterocycles. The average molecular weight is 338 g/mol. The topological polar surface area (TPSA) is 52.6 Å². The predicted octanol–water partition coefficient (Wildman–Crippen LogP) is 3.37. The summed E-state index contributed by atoms with van der Waals surface area (Å²) < 4.78 is 41.0. The van der Waals surface area contributed by atoms with Gasteiger partial charge in [-0.25, -0.2) is 18.0 Å². The third-order valence-electron chi connectivity index (χ3n) is 3.48. The first-order valence-electron chi connectivity index (χ1n) is 7.37. The number of rotatable bonds is 5. The number of amides is 2. The van der Waals surface area contributed by atoms with Gasteiger partial charge in [0.05, 0.1) is 11.3 Å². The number of para-hydroxylation sites is 1. The zero-order valence-corrected chi connectivity index (χ0v) is 13.0. The quantitative estimate of drug-likeness (QED) is 0.878. The van der Waals surface area contributed by atoms with E-state index in [2.05, 4.69) is 5.32 Å². The number of nitrogens with one attached hydrogen (secondary N) is 1. The van der Waals surface area contributed by atoms with E-state index in [0.717, 1.165) is 17.0 Å². The molecule has 2 aromatic carbocycles. The minimum absolute atomic E-state index is 0.0732. The Morgan fingerprint density at radius 3 is 2.25 bits per heavy atom. The van der Waals surface area contributed by atoms with Gasteiger partial charge in [-0.15, -0.1) is 0 Å². The molecule has 0 aliphatic heterocycles. The Balaban J connectivity index is 2.08. The van der Waals surface area contributed by atoms with E-state index in [1.807, 2.05) is 0 Å². The Morgan fingerprint density at radius 2 is 1.67 bits per heavy atom. The van der Waals surface area contributed by atoms with Crippen LogP contribution in [0.3, 0.4) is 0 Å². The van der Waals surface area contributed by atoms with Gasteiger partial charge in [0.2, 0.25) is 0 Å². The van der Waals surface area contributed by atoms with Gasteiger partial charge >= 0.3 is 6.03 Å². The third kappa shape index (κ3) is 3.86. The molecule has 0 saturated carbocycles. The summed E-state index contributed by atoms with van der Waals surface area (Å²) in [5.41, 5.74) is -0.448. The molecule has 128 valence electrons. The molecule has 0 spiro atoms. The number of aliphatic hydroxyl groups excluding tert-OH is 1. The van der Waals surface area contributed by atoms with Gasteiger partial charge in [0.1, 0.15) is 23.6 Å². The van der Waals surface area contributed by atoms with Gasteiger partial charge in [0, 0.05) is 13.1 Å². The molecule has 2 amide bonds. The summed E-state index contributed by atoms with van der Waals surface area (Å²) in [5, 5.41) is 12.3. The van der Waals surface area contributed by atoms with Crippen molar-refractivity contribution in [2.45, 2.75) is 13.0 Å². The van der Waals surface area contributed by atoms with Gasteiger partial charge in [0.15, 0.2) is 0 Å². The van der Waals surface area contributed by atoms with E-state index < -0.39 is 41.7 Å². The number of carbonyl (C=O) groups excluding carboxylic acids is 1. The normalized spacial score (nSPS) is 11.9. The van der Waals surface area contributed by atoms with Crippen molar-refractivity contribution in [3.05, 3.63) is 65.5 Å². The first kappa shape index (κ1) is 17.8. The predicted molar refractivity (Wildman–Crippen MR) is 84.1 cm³/mol. The van der Waals surface area contributed by atoms with Crippen LogP contribution in [-0.2, 0) is 0 Å². The van der Waals surface area contributed by atoms with Crippen LogP contribution in [0.1, 0.15) is 18.6 Å². The van der Waals surface area contributed by atoms with E-state index in [9.17, 15) is 23.1 Å². The molecule has 0 unspecified atom stereocenters. The molecule has 4 nitrogen and oxygen atoms in total. The molecule has 7 heteroatoms. The molecular formula is C17H17F3N2O2. The lowest BCUT2D eigenvalue weighted by Crippen LogP contribution is -2.42. The van der Waals surface area contributed by atoms with Gasteiger partial charge in [-0.3, -0.25) is 4.90 Å². The van der Waals surface area contributed by atoms with Crippen LogP contribution in [0, 0.1) is 17.5 Å². The monoisotopic (exact) mass is 338 g/mol. The van der Waals surface area contributed by atoms with Crippen LogP contribution in [0.15, 0.2) is 42.5 Å². The lowest BCUT2D eigenvalue weighted by Gasteiger charge is -2.23. The van der Waals surface area contributed by atoms with E-state index in [-0.39, 0.29) is 12.2 Å². The number of halogens is 3. The molecular weight excluding hydrogens is 321 g/mol. The van der Waals surface area contributed by atoms with Crippen molar-refractivity contribution in [3.63, 3.8) is 0 Å². The van der Waals surface area contributed by atoms with Crippen molar-refractivity contribution in [1.29, 1.82) is 0 Å². The number of benzene rings is 2. The summed E-state index contributed by atoms with van der Waals surface area (Å²) in [5.74, 6) is -2.38. The van der Waals surface area contributed by atoms with Gasteiger partial charge in [0.25, 0.3) is 0 Å². The van der Waals surface area contributed by atoms with E-state index in [0.29, 0.717) is 0 Å². The van der Waals surface area contributed by atoms with Gasteiger partial charge in [-0.2, -0.15) is 0 Å². The first-order chi connectivity index (χ1) is 11.5. The van der Waals surface area contributed by atoms with Crippen LogP contribution in [-0.4, -0.2) is 24.2 Å². The highest BCUT2D eigenvalue weighted by molar-refractivity contribution is 5.92. The van der Waals surface area contributed by atoms with Crippen LogP contribution >= 0.6 is 0 Å². The molecule has 24 heavy (non-hydrogen) atoms. The van der Waals surface area contributed by atoms with E-state index in [4.69, 9.17) is 0 Å². The highest BCUT2D eigenvalue weighted by Crippen LogP contribution is 2.21. The van der Waals surface area contributed by atoms with Crippen molar-refractivity contribution in [2.75, 3.05) is 18.0 Å². The third-order valence-corrected chi connectivity index (χ3v) is 3.48. The second-order valence-electron chi connectivity index (χ2n) is 5.03. The fourth-order valence-corrected chi connectivity index (χ4v) is 2.30. The number of carbonyl (C=O) groups is 1. The summed E-state index contributed by atoms with van der Waals surface area (Å²) in [7, 11) is 0. The summed E-state index contributed by atoms with van der Waals surface area (Å²) in [6.07, 6.45) is -1.56. The first-order valence-corrected chi connectivity index (χ1v) is 7.37. The standard InChI is InChI=1S/C17H17F3N2O2/c1-2-22(14-9-4-3-6-11(14)18)17(24)21-10-15(23)16-12(19)7-5-8-13(16)20/h3-9,15,23H,2,10H2,1H3,(H,21,24)/t15-/m0/s1. The van der Waals surface area contributed by atoms with Gasteiger partial charge < -0.3 is 10.4 Å². The highest BCUT2D eigenvalue weighted by Gasteiger charge is 2.21. The Morgan fingerprint density at radius 1 is 1.08 bits per heavy atom. The average Bonchev–Trinajstić information content (AvgIpc) is 2.55. The second kappa shape index (κ2) is 7.83. The molecule has 0 radical (unpaired) electrons. The fraction of sp³-hybridized carbons (Fsp3) is 0.235. The lowest BCUT2D eigenvalue weighted by atomic mass is 10.1. The zero-order valence-electron chi connectivity index (χ0n) is 13.0. The summed E-state index contributed by atoms with van der Waals surface area (Å²) in [6, 6.07) is 8.25. The molecule has 0 bridgehead atoms. The van der Waals surface area contributed by atoms with E-state index in [1.165, 1.54) is 24.3 Å². The summed E-state index contributed by atoms with van der Waals surface area (Å²) >= 11 is 0. The van der Waals surface area contributed by atoms with Crippen LogP contribution in [0.2, 0.25) is 0 Å². The van der Waals surface area contributed by atoms with E-state index >= 15 is 0 Å².